The van der Waals surface area contributed by atoms with Gasteiger partial charge in [-0.25, -0.2) is 4.90 Å². The molecule has 6 heteroatoms. The van der Waals surface area contributed by atoms with E-state index >= 15 is 0 Å². The summed E-state index contributed by atoms with van der Waals surface area (Å²) in [5.41, 5.74) is 0.626. The molecule has 2 fully saturated rings. The van der Waals surface area contributed by atoms with Crippen LogP contribution in [0.1, 0.15) is 32.1 Å². The van der Waals surface area contributed by atoms with Crippen LogP contribution < -0.4 is 4.90 Å². The Morgan fingerprint density at radius 3 is 2.61 bits per heavy atom. The minimum absolute atomic E-state index is 0.118. The lowest BCUT2D eigenvalue weighted by molar-refractivity contribution is -0.123. The highest BCUT2D eigenvalue weighted by atomic mass is 79.9. The number of anilines is 1. The number of halogens is 1. The van der Waals surface area contributed by atoms with Crippen LogP contribution in [0.25, 0.3) is 0 Å². The van der Waals surface area contributed by atoms with Gasteiger partial charge in [0, 0.05) is 17.1 Å². The summed E-state index contributed by atoms with van der Waals surface area (Å²) < 4.78 is 0.913. The van der Waals surface area contributed by atoms with E-state index in [4.69, 9.17) is 0 Å². The summed E-state index contributed by atoms with van der Waals surface area (Å²) in [5.74, 6) is -0.280. The number of benzene rings is 1. The predicted molar refractivity (Wildman–Crippen MR) is 91.1 cm³/mol. The van der Waals surface area contributed by atoms with Crippen LogP contribution in [0.15, 0.2) is 28.7 Å². The molecule has 0 saturated carbocycles. The number of imide groups is 1. The van der Waals surface area contributed by atoms with E-state index in [0.717, 1.165) is 30.3 Å². The average molecular weight is 381 g/mol. The second-order valence-corrected chi connectivity index (χ2v) is 7.08. The molecule has 2 aliphatic heterocycles. The van der Waals surface area contributed by atoms with Crippen molar-refractivity contribution in [3.8, 4) is 0 Å². The molecule has 0 aliphatic carbocycles. The third-order valence-electron chi connectivity index (χ3n) is 4.74. The zero-order valence-corrected chi connectivity index (χ0v) is 14.5. The number of hydrogen-bond donors (Lipinski definition) is 1. The maximum atomic E-state index is 12.8. The van der Waals surface area contributed by atoms with E-state index < -0.39 is 0 Å². The van der Waals surface area contributed by atoms with Gasteiger partial charge in [0.15, 0.2) is 0 Å². The summed E-state index contributed by atoms with van der Waals surface area (Å²) >= 11 is 3.36. The number of amides is 2. The van der Waals surface area contributed by atoms with Crippen LogP contribution >= 0.6 is 15.9 Å². The predicted octanol–water partition coefficient (Wildman–Crippen LogP) is 2.32. The smallest absolute Gasteiger partial charge is 0.251 e. The van der Waals surface area contributed by atoms with Crippen LogP contribution in [-0.2, 0) is 9.59 Å². The number of hydrogen-bond acceptors (Lipinski definition) is 4. The van der Waals surface area contributed by atoms with Crippen molar-refractivity contribution >= 4 is 33.4 Å². The van der Waals surface area contributed by atoms with Crippen LogP contribution in [0.5, 0.6) is 0 Å². The van der Waals surface area contributed by atoms with Gasteiger partial charge in [0.25, 0.3) is 5.91 Å². The van der Waals surface area contributed by atoms with Crippen LogP contribution in [0.4, 0.5) is 5.69 Å². The molecule has 2 aliphatic rings. The summed E-state index contributed by atoms with van der Waals surface area (Å²) in [4.78, 5) is 28.7. The lowest BCUT2D eigenvalue weighted by Crippen LogP contribution is -2.50. The SMILES string of the molecule is O=C1C[C@@H](N2CCCC[C@@H]2CCO)C(=O)N1c1ccc(Br)cc1. The first kappa shape index (κ1) is 16.6. The molecule has 2 heterocycles. The number of piperidine rings is 1. The summed E-state index contributed by atoms with van der Waals surface area (Å²) in [6, 6.07) is 7.04. The summed E-state index contributed by atoms with van der Waals surface area (Å²) in [5, 5.41) is 9.26. The Morgan fingerprint density at radius 2 is 1.91 bits per heavy atom. The average Bonchev–Trinajstić information content (AvgIpc) is 2.84. The highest BCUT2D eigenvalue weighted by Gasteiger charge is 2.44. The summed E-state index contributed by atoms with van der Waals surface area (Å²) in [6.07, 6.45) is 4.04. The van der Waals surface area contributed by atoms with Crippen LogP contribution in [0, 0.1) is 0 Å². The zero-order chi connectivity index (χ0) is 16.4. The molecular formula is C17H21BrN2O3. The minimum Gasteiger partial charge on any atom is -0.396 e. The summed E-state index contributed by atoms with van der Waals surface area (Å²) in [6.45, 7) is 0.939. The van der Waals surface area contributed by atoms with E-state index in [1.165, 1.54) is 4.90 Å². The van der Waals surface area contributed by atoms with Gasteiger partial charge in [-0.2, -0.15) is 0 Å². The van der Waals surface area contributed by atoms with Gasteiger partial charge in [-0.05, 0) is 50.1 Å². The Kier molecular flexibility index (Phi) is 5.14. The normalized spacial score (nSPS) is 26.1. The van der Waals surface area contributed by atoms with Gasteiger partial charge in [-0.15, -0.1) is 0 Å². The van der Waals surface area contributed by atoms with E-state index in [-0.39, 0.29) is 36.9 Å². The Morgan fingerprint density at radius 1 is 1.17 bits per heavy atom. The van der Waals surface area contributed by atoms with Gasteiger partial charge >= 0.3 is 0 Å². The fourth-order valence-electron chi connectivity index (χ4n) is 3.63. The van der Waals surface area contributed by atoms with Crippen molar-refractivity contribution in [3.63, 3.8) is 0 Å². The molecule has 0 bridgehead atoms. The Bertz CT molecular complexity index is 588. The van der Waals surface area contributed by atoms with Gasteiger partial charge in [0.1, 0.15) is 0 Å². The molecule has 23 heavy (non-hydrogen) atoms. The number of aliphatic hydroxyl groups excluding tert-OH is 1. The third kappa shape index (κ3) is 3.34. The van der Waals surface area contributed by atoms with Gasteiger partial charge in [0.05, 0.1) is 18.2 Å². The molecule has 1 aromatic carbocycles. The molecule has 2 atom stereocenters. The molecular weight excluding hydrogens is 360 g/mol. The van der Waals surface area contributed by atoms with E-state index in [1.807, 2.05) is 12.1 Å². The molecule has 3 rings (SSSR count). The lowest BCUT2D eigenvalue weighted by Gasteiger charge is -2.38. The second kappa shape index (κ2) is 7.11. The van der Waals surface area contributed by atoms with Crippen molar-refractivity contribution in [1.29, 1.82) is 0 Å². The molecule has 0 aromatic heterocycles. The highest BCUT2D eigenvalue weighted by molar-refractivity contribution is 9.10. The van der Waals surface area contributed by atoms with E-state index in [9.17, 15) is 14.7 Å². The summed E-state index contributed by atoms with van der Waals surface area (Å²) in [7, 11) is 0. The van der Waals surface area contributed by atoms with Gasteiger partial charge in [-0.3, -0.25) is 14.5 Å². The number of aliphatic hydroxyl groups is 1. The zero-order valence-electron chi connectivity index (χ0n) is 12.9. The molecule has 2 amide bonds. The largest absolute Gasteiger partial charge is 0.396 e. The number of carbonyl (C=O) groups is 2. The molecule has 0 radical (unpaired) electrons. The molecule has 0 spiro atoms. The highest BCUT2D eigenvalue weighted by Crippen LogP contribution is 2.31. The maximum Gasteiger partial charge on any atom is 0.251 e. The fraction of sp³-hybridized carbons (Fsp3) is 0.529. The lowest BCUT2D eigenvalue weighted by atomic mass is 9.97. The van der Waals surface area contributed by atoms with E-state index in [2.05, 4.69) is 20.8 Å². The molecule has 1 aromatic rings. The topological polar surface area (TPSA) is 60.9 Å². The number of rotatable bonds is 4. The van der Waals surface area contributed by atoms with Crippen molar-refractivity contribution in [2.45, 2.75) is 44.2 Å². The first-order valence-corrected chi connectivity index (χ1v) is 8.90. The molecule has 0 unspecified atom stereocenters. The quantitative estimate of drug-likeness (QED) is 0.814. The van der Waals surface area contributed by atoms with Crippen molar-refractivity contribution in [2.75, 3.05) is 18.1 Å². The molecule has 124 valence electrons. The fourth-order valence-corrected chi connectivity index (χ4v) is 3.89. The van der Waals surface area contributed by atoms with Crippen molar-refractivity contribution in [3.05, 3.63) is 28.7 Å². The molecule has 2 saturated heterocycles. The Balaban J connectivity index is 1.81. The second-order valence-electron chi connectivity index (χ2n) is 6.16. The standard InChI is InChI=1S/C17H21BrN2O3/c18-12-4-6-14(7-5-12)20-16(22)11-15(17(20)23)19-9-2-1-3-13(19)8-10-21/h4-7,13,15,21H,1-3,8-11H2/t13-,15-/m1/s1. The van der Waals surface area contributed by atoms with Gasteiger partial charge < -0.3 is 5.11 Å². The van der Waals surface area contributed by atoms with E-state index in [1.54, 1.807) is 12.1 Å². The van der Waals surface area contributed by atoms with Gasteiger partial charge in [0.2, 0.25) is 5.91 Å². The number of nitrogens with zero attached hydrogens (tertiary/aromatic N) is 2. The van der Waals surface area contributed by atoms with Crippen molar-refractivity contribution in [1.82, 2.24) is 4.90 Å². The number of carbonyl (C=O) groups excluding carboxylic acids is 2. The van der Waals surface area contributed by atoms with Crippen LogP contribution in [0.3, 0.4) is 0 Å². The first-order valence-electron chi connectivity index (χ1n) is 8.11. The third-order valence-corrected chi connectivity index (χ3v) is 5.27. The Labute approximate surface area is 144 Å². The van der Waals surface area contributed by atoms with Crippen LogP contribution in [0.2, 0.25) is 0 Å². The molecule has 5 nitrogen and oxygen atoms in total. The van der Waals surface area contributed by atoms with Crippen molar-refractivity contribution in [2.24, 2.45) is 0 Å². The van der Waals surface area contributed by atoms with Gasteiger partial charge in [-0.1, -0.05) is 22.4 Å². The van der Waals surface area contributed by atoms with Crippen LogP contribution in [-0.4, -0.2) is 47.1 Å². The minimum atomic E-state index is -0.386. The maximum absolute atomic E-state index is 12.8. The van der Waals surface area contributed by atoms with Crippen molar-refractivity contribution < 1.29 is 14.7 Å². The first-order chi connectivity index (χ1) is 11.1. The Hall–Kier alpha value is -1.24. The molecule has 1 N–H and O–H groups in total. The monoisotopic (exact) mass is 380 g/mol. The van der Waals surface area contributed by atoms with E-state index in [0.29, 0.717) is 12.1 Å². The number of likely N-dealkylation sites (tertiary alicyclic amines) is 1.